The van der Waals surface area contributed by atoms with E-state index in [1.165, 1.54) is 11.0 Å². The minimum atomic E-state index is -2.80. The molecule has 1 N–H and O–H groups in total. The summed E-state index contributed by atoms with van der Waals surface area (Å²) < 4.78 is 30.9. The lowest BCUT2D eigenvalue weighted by molar-refractivity contribution is 0.0232. The van der Waals surface area contributed by atoms with Gasteiger partial charge in [0.25, 0.3) is 5.91 Å². The Balaban J connectivity index is 1.89. The molecule has 29 heavy (non-hydrogen) atoms. The molecule has 0 fully saturated rings. The third-order valence-electron chi connectivity index (χ3n) is 3.68. The van der Waals surface area contributed by atoms with Gasteiger partial charge in [0.2, 0.25) is 0 Å². The maximum atomic E-state index is 12.5. The molecule has 0 aliphatic rings. The fraction of sp³-hybridized carbons (Fsp3) is 0.474. The smallest absolute Gasteiger partial charge is 0.410 e. The van der Waals surface area contributed by atoms with Gasteiger partial charge in [0.15, 0.2) is 0 Å². The zero-order chi connectivity index (χ0) is 21.4. The largest absolute Gasteiger partial charge is 0.444 e. The van der Waals surface area contributed by atoms with Crippen LogP contribution in [0.3, 0.4) is 0 Å². The number of hydrogen-bond acceptors (Lipinski definition) is 5. The van der Waals surface area contributed by atoms with E-state index >= 15 is 0 Å². The Bertz CT molecular complexity index is 806. The predicted octanol–water partition coefficient (Wildman–Crippen LogP) is 3.23. The van der Waals surface area contributed by atoms with Gasteiger partial charge < -0.3 is 15.0 Å². The molecule has 0 aromatic carbocycles. The maximum Gasteiger partial charge on any atom is 0.410 e. The molecule has 2 heterocycles. The Labute approximate surface area is 167 Å². The van der Waals surface area contributed by atoms with Gasteiger partial charge in [-0.05, 0) is 44.9 Å². The lowest BCUT2D eigenvalue weighted by atomic mass is 10.2. The van der Waals surface area contributed by atoms with Gasteiger partial charge in [-0.25, -0.2) is 9.48 Å². The number of halogens is 2. The van der Waals surface area contributed by atoms with Crippen LogP contribution < -0.4 is 5.32 Å². The number of pyridine rings is 1. The van der Waals surface area contributed by atoms with Gasteiger partial charge in [0.05, 0.1) is 6.54 Å². The van der Waals surface area contributed by atoms with Gasteiger partial charge in [-0.1, -0.05) is 6.07 Å². The second-order valence-electron chi connectivity index (χ2n) is 7.33. The molecule has 0 saturated carbocycles. The van der Waals surface area contributed by atoms with Gasteiger partial charge in [0, 0.05) is 31.7 Å². The van der Waals surface area contributed by atoms with Crippen LogP contribution >= 0.6 is 0 Å². The predicted molar refractivity (Wildman–Crippen MR) is 101 cm³/mol. The number of alkyl halides is 2. The highest BCUT2D eigenvalue weighted by molar-refractivity contribution is 5.92. The number of amides is 2. The first-order valence-electron chi connectivity index (χ1n) is 9.14. The van der Waals surface area contributed by atoms with Gasteiger partial charge in [-0.2, -0.15) is 13.9 Å². The zero-order valence-electron chi connectivity index (χ0n) is 16.6. The third kappa shape index (κ3) is 7.47. The monoisotopic (exact) mass is 409 g/mol. The van der Waals surface area contributed by atoms with E-state index in [4.69, 9.17) is 4.74 Å². The van der Waals surface area contributed by atoms with Gasteiger partial charge in [-0.15, -0.1) is 0 Å². The van der Waals surface area contributed by atoms with E-state index < -0.39 is 24.2 Å². The van der Waals surface area contributed by atoms with Crippen LogP contribution in [-0.2, 0) is 11.3 Å². The van der Waals surface area contributed by atoms with Gasteiger partial charge >= 0.3 is 12.6 Å². The van der Waals surface area contributed by atoms with Crippen molar-refractivity contribution in [3.8, 4) is 0 Å². The molecule has 0 saturated heterocycles. The Morgan fingerprint density at radius 3 is 2.66 bits per heavy atom. The second-order valence-corrected chi connectivity index (χ2v) is 7.33. The molecule has 0 atom stereocenters. The highest BCUT2D eigenvalue weighted by Crippen LogP contribution is 2.13. The molecule has 0 radical (unpaired) electrons. The quantitative estimate of drug-likeness (QED) is 0.676. The molecule has 10 heteroatoms. The zero-order valence-corrected chi connectivity index (χ0v) is 16.6. The summed E-state index contributed by atoms with van der Waals surface area (Å²) in [5.74, 6) is -0.555. The number of nitrogens with one attached hydrogen (secondary N) is 1. The number of rotatable bonds is 8. The number of nitrogens with zero attached hydrogens (tertiary/aromatic N) is 4. The van der Waals surface area contributed by atoms with Gasteiger partial charge in [0.1, 0.15) is 11.3 Å². The molecule has 0 spiro atoms. The Morgan fingerprint density at radius 1 is 1.31 bits per heavy atom. The van der Waals surface area contributed by atoms with E-state index in [0.29, 0.717) is 24.2 Å². The molecule has 2 amide bonds. The summed E-state index contributed by atoms with van der Waals surface area (Å²) in [7, 11) is 0. The molecule has 158 valence electrons. The SMILES string of the molecule is CC(C)(C)OC(=O)N(CCCNC(=O)c1ccn(C(F)F)n1)Cc1cccnc1. The average molecular weight is 409 g/mol. The lowest BCUT2D eigenvalue weighted by Crippen LogP contribution is -2.38. The first-order valence-corrected chi connectivity index (χ1v) is 9.14. The molecule has 2 rings (SSSR count). The van der Waals surface area contributed by atoms with E-state index in [9.17, 15) is 18.4 Å². The van der Waals surface area contributed by atoms with Crippen LogP contribution in [0.5, 0.6) is 0 Å². The van der Waals surface area contributed by atoms with Crippen LogP contribution in [0.2, 0.25) is 0 Å². The van der Waals surface area contributed by atoms with Crippen molar-refractivity contribution < 1.29 is 23.1 Å². The van der Waals surface area contributed by atoms with E-state index in [1.807, 2.05) is 6.07 Å². The van der Waals surface area contributed by atoms with Crippen molar-refractivity contribution in [2.75, 3.05) is 13.1 Å². The average Bonchev–Trinajstić information content (AvgIpc) is 3.14. The number of carbonyl (C=O) groups is 2. The van der Waals surface area contributed by atoms with Crippen LogP contribution in [0.4, 0.5) is 13.6 Å². The van der Waals surface area contributed by atoms with E-state index in [-0.39, 0.29) is 12.2 Å². The lowest BCUT2D eigenvalue weighted by Gasteiger charge is -2.27. The molecular weight excluding hydrogens is 384 g/mol. The van der Waals surface area contributed by atoms with Crippen LogP contribution in [0.1, 0.15) is 49.8 Å². The third-order valence-corrected chi connectivity index (χ3v) is 3.68. The molecular formula is C19H25F2N5O3. The number of carbonyl (C=O) groups excluding carboxylic acids is 2. The maximum absolute atomic E-state index is 12.5. The summed E-state index contributed by atoms with van der Waals surface area (Å²) in [5, 5.41) is 6.12. The van der Waals surface area contributed by atoms with Crippen molar-refractivity contribution in [3.05, 3.63) is 48.0 Å². The van der Waals surface area contributed by atoms with Crippen molar-refractivity contribution in [3.63, 3.8) is 0 Å². The first-order chi connectivity index (χ1) is 13.7. The number of hydrogen-bond donors (Lipinski definition) is 1. The van der Waals surface area contributed by atoms with Crippen molar-refractivity contribution in [2.24, 2.45) is 0 Å². The Kier molecular flexibility index (Phi) is 7.63. The fourth-order valence-corrected chi connectivity index (χ4v) is 2.40. The molecule has 2 aromatic heterocycles. The molecule has 2 aromatic rings. The van der Waals surface area contributed by atoms with Crippen molar-refractivity contribution in [1.29, 1.82) is 0 Å². The fourth-order valence-electron chi connectivity index (χ4n) is 2.40. The summed E-state index contributed by atoms with van der Waals surface area (Å²) in [6, 6.07) is 4.85. The summed E-state index contributed by atoms with van der Waals surface area (Å²) >= 11 is 0. The van der Waals surface area contributed by atoms with Crippen LogP contribution in [0, 0.1) is 0 Å². The Morgan fingerprint density at radius 2 is 2.07 bits per heavy atom. The topological polar surface area (TPSA) is 89.4 Å². The van der Waals surface area contributed by atoms with E-state index in [2.05, 4.69) is 15.4 Å². The van der Waals surface area contributed by atoms with Crippen LogP contribution in [0.15, 0.2) is 36.8 Å². The molecule has 0 unspecified atom stereocenters. The van der Waals surface area contributed by atoms with Crippen molar-refractivity contribution in [1.82, 2.24) is 25.0 Å². The molecule has 0 bridgehead atoms. The normalized spacial score (nSPS) is 11.4. The summed E-state index contributed by atoms with van der Waals surface area (Å²) in [6.45, 7) is 3.44. The minimum absolute atomic E-state index is 0.0929. The first kappa shape index (κ1) is 22.3. The highest BCUT2D eigenvalue weighted by Gasteiger charge is 2.22. The van der Waals surface area contributed by atoms with Crippen molar-refractivity contribution >= 4 is 12.0 Å². The minimum Gasteiger partial charge on any atom is -0.444 e. The van der Waals surface area contributed by atoms with Crippen LogP contribution in [-0.4, -0.2) is 50.4 Å². The van der Waals surface area contributed by atoms with E-state index in [1.54, 1.807) is 39.2 Å². The Hall–Kier alpha value is -3.04. The molecule has 0 aliphatic heterocycles. The molecule has 0 aliphatic carbocycles. The van der Waals surface area contributed by atoms with Crippen molar-refractivity contribution in [2.45, 2.75) is 45.9 Å². The number of ether oxygens (including phenoxy) is 1. The summed E-state index contributed by atoms with van der Waals surface area (Å²) in [6.07, 6.45) is 4.33. The second kappa shape index (κ2) is 9.94. The van der Waals surface area contributed by atoms with Gasteiger partial charge in [-0.3, -0.25) is 9.78 Å². The van der Waals surface area contributed by atoms with Crippen LogP contribution in [0.25, 0.3) is 0 Å². The summed E-state index contributed by atoms with van der Waals surface area (Å²) in [4.78, 5) is 30.1. The van der Waals surface area contributed by atoms with E-state index in [0.717, 1.165) is 11.8 Å². The molecule has 8 nitrogen and oxygen atoms in total. The number of aromatic nitrogens is 3. The highest BCUT2D eigenvalue weighted by atomic mass is 19.3. The standard InChI is InChI=1S/C19H25F2N5O3/c1-19(2,3)29-18(28)25(13-14-6-4-8-22-12-14)10-5-9-23-16(27)15-7-11-26(24-15)17(20)21/h4,6-8,11-12,17H,5,9-10,13H2,1-3H3,(H,23,27). The summed E-state index contributed by atoms with van der Waals surface area (Å²) in [5.41, 5.74) is 0.117.